The van der Waals surface area contributed by atoms with Crippen LogP contribution in [0.4, 0.5) is 17.2 Å². The molecule has 4 heterocycles. The molecule has 14 heteroatoms. The second-order valence-electron chi connectivity index (χ2n) is 10.6. The molecule has 4 aromatic rings. The lowest BCUT2D eigenvalue weighted by atomic mass is 9.91. The summed E-state index contributed by atoms with van der Waals surface area (Å²) in [6.45, 7) is 0. The average molecular weight is 595 g/mol. The minimum absolute atomic E-state index is 0.0789. The van der Waals surface area contributed by atoms with E-state index >= 15 is 0 Å². The lowest BCUT2D eigenvalue weighted by Crippen LogP contribution is -2.48. The molecule has 0 bridgehead atoms. The SMILES string of the molecule is N[C@H](Cc1cscn1)C(=O)NC1CCC(Nc2cc(NC3CC3)c3ncc(C(=O)Nc4ccnc(Cl)c4)n3n2)CC1. The van der Waals surface area contributed by atoms with Crippen LogP contribution in [-0.4, -0.2) is 60.5 Å². The fourth-order valence-corrected chi connectivity index (χ4v) is 5.72. The zero-order valence-electron chi connectivity index (χ0n) is 22.2. The van der Waals surface area contributed by atoms with Crippen LogP contribution in [-0.2, 0) is 11.2 Å². The maximum absolute atomic E-state index is 13.1. The van der Waals surface area contributed by atoms with Gasteiger partial charge in [-0.15, -0.1) is 16.4 Å². The first-order valence-electron chi connectivity index (χ1n) is 13.7. The molecule has 2 aliphatic carbocycles. The molecular formula is C27H31ClN10O2S. The van der Waals surface area contributed by atoms with Gasteiger partial charge in [-0.05, 0) is 50.7 Å². The van der Waals surface area contributed by atoms with Gasteiger partial charge in [-0.2, -0.15) is 0 Å². The molecule has 6 rings (SSSR count). The standard InChI is InChI=1S/C27H31ClN10O2S/c28-23-10-18(7-8-30-23)36-27(40)22-12-31-25-21(33-15-1-2-15)11-24(37-38(22)25)34-16-3-5-17(6-4-16)35-26(39)20(29)9-19-13-41-14-32-19/h7-8,10-17,20,33H,1-6,9,29H2,(H,34,37)(H,35,39)(H,30,36,40)/t16?,17?,20-/m1/s1. The third kappa shape index (κ3) is 6.75. The topological polar surface area (TPSA) is 164 Å². The van der Waals surface area contributed by atoms with Crippen LogP contribution >= 0.6 is 22.9 Å². The van der Waals surface area contributed by atoms with E-state index in [1.807, 2.05) is 11.4 Å². The van der Waals surface area contributed by atoms with Gasteiger partial charge in [0.1, 0.15) is 11.0 Å². The van der Waals surface area contributed by atoms with Crippen molar-refractivity contribution in [2.24, 2.45) is 5.73 Å². The highest BCUT2D eigenvalue weighted by Gasteiger charge is 2.27. The lowest BCUT2D eigenvalue weighted by Gasteiger charge is -2.30. The van der Waals surface area contributed by atoms with Gasteiger partial charge in [0.15, 0.2) is 11.3 Å². The Morgan fingerprint density at radius 1 is 1.05 bits per heavy atom. The molecule has 0 radical (unpaired) electrons. The molecule has 12 nitrogen and oxygen atoms in total. The van der Waals surface area contributed by atoms with Crippen LogP contribution in [0.3, 0.4) is 0 Å². The normalized spacial score (nSPS) is 19.5. The van der Waals surface area contributed by atoms with Gasteiger partial charge in [0.05, 0.1) is 29.1 Å². The molecule has 41 heavy (non-hydrogen) atoms. The molecule has 0 saturated heterocycles. The zero-order valence-corrected chi connectivity index (χ0v) is 23.8. The van der Waals surface area contributed by atoms with Crippen LogP contribution in [0.15, 0.2) is 41.5 Å². The van der Waals surface area contributed by atoms with E-state index in [0.717, 1.165) is 49.9 Å². The first-order chi connectivity index (χ1) is 19.9. The first-order valence-corrected chi connectivity index (χ1v) is 15.0. The molecule has 6 N–H and O–H groups in total. The third-order valence-corrected chi connectivity index (χ3v) is 8.14. The number of thiazole rings is 1. The van der Waals surface area contributed by atoms with Gasteiger partial charge >= 0.3 is 0 Å². The zero-order chi connectivity index (χ0) is 28.3. The van der Waals surface area contributed by atoms with Crippen molar-refractivity contribution in [3.8, 4) is 0 Å². The molecule has 2 saturated carbocycles. The second-order valence-corrected chi connectivity index (χ2v) is 11.7. The van der Waals surface area contributed by atoms with Gasteiger partial charge in [0.25, 0.3) is 5.91 Å². The van der Waals surface area contributed by atoms with Crippen molar-refractivity contribution < 1.29 is 9.59 Å². The van der Waals surface area contributed by atoms with E-state index in [-0.39, 0.29) is 29.1 Å². The number of hydrogen-bond donors (Lipinski definition) is 5. The number of nitrogens with zero attached hydrogens (tertiary/aromatic N) is 5. The van der Waals surface area contributed by atoms with Gasteiger partial charge in [0.2, 0.25) is 5.91 Å². The number of amides is 2. The summed E-state index contributed by atoms with van der Waals surface area (Å²) in [6.07, 6.45) is 9.05. The van der Waals surface area contributed by atoms with Gasteiger partial charge in [-0.25, -0.2) is 19.5 Å². The Labute approximate surface area is 245 Å². The number of anilines is 3. The van der Waals surface area contributed by atoms with E-state index in [4.69, 9.17) is 22.4 Å². The summed E-state index contributed by atoms with van der Waals surface area (Å²) < 4.78 is 1.57. The van der Waals surface area contributed by atoms with Crippen molar-refractivity contribution >= 4 is 57.6 Å². The summed E-state index contributed by atoms with van der Waals surface area (Å²) in [5.74, 6) is 0.153. The number of aromatic nitrogens is 5. The number of carbonyl (C=O) groups is 2. The quantitative estimate of drug-likeness (QED) is 0.173. The van der Waals surface area contributed by atoms with E-state index in [0.29, 0.717) is 35.3 Å². The lowest BCUT2D eigenvalue weighted by molar-refractivity contribution is -0.123. The molecule has 0 unspecified atom stereocenters. The van der Waals surface area contributed by atoms with Crippen LogP contribution in [0.1, 0.15) is 54.7 Å². The van der Waals surface area contributed by atoms with Gasteiger partial charge in [-0.1, -0.05) is 11.6 Å². The van der Waals surface area contributed by atoms with E-state index in [9.17, 15) is 9.59 Å². The van der Waals surface area contributed by atoms with E-state index in [1.54, 1.807) is 22.2 Å². The number of rotatable bonds is 10. The van der Waals surface area contributed by atoms with Crippen molar-refractivity contribution in [2.75, 3.05) is 16.0 Å². The van der Waals surface area contributed by atoms with Crippen LogP contribution in [0.5, 0.6) is 0 Å². The fourth-order valence-electron chi connectivity index (χ4n) is 4.98. The van der Waals surface area contributed by atoms with Crippen LogP contribution < -0.4 is 27.0 Å². The number of hydrogen-bond acceptors (Lipinski definition) is 10. The Morgan fingerprint density at radius 2 is 1.80 bits per heavy atom. The number of nitrogens with one attached hydrogen (secondary N) is 4. The Kier molecular flexibility index (Phi) is 7.99. The van der Waals surface area contributed by atoms with Crippen LogP contribution in [0, 0.1) is 0 Å². The molecule has 2 aliphatic rings. The number of halogens is 1. The highest BCUT2D eigenvalue weighted by Crippen LogP contribution is 2.30. The number of nitrogens with two attached hydrogens (primary N) is 1. The van der Waals surface area contributed by atoms with Gasteiger partial charge in [0, 0.05) is 47.9 Å². The van der Waals surface area contributed by atoms with E-state index < -0.39 is 6.04 Å². The maximum Gasteiger partial charge on any atom is 0.276 e. The molecule has 0 aromatic carbocycles. The van der Waals surface area contributed by atoms with Gasteiger partial charge < -0.3 is 27.0 Å². The average Bonchev–Trinajstić information content (AvgIpc) is 3.42. The fraction of sp³-hybridized carbons (Fsp3) is 0.407. The maximum atomic E-state index is 13.1. The summed E-state index contributed by atoms with van der Waals surface area (Å²) in [7, 11) is 0. The summed E-state index contributed by atoms with van der Waals surface area (Å²) in [6, 6.07) is 5.23. The smallest absolute Gasteiger partial charge is 0.276 e. The van der Waals surface area contributed by atoms with Crippen molar-refractivity contribution in [3.63, 3.8) is 0 Å². The van der Waals surface area contributed by atoms with Gasteiger partial charge in [-0.3, -0.25) is 9.59 Å². The predicted molar refractivity (Wildman–Crippen MR) is 158 cm³/mol. The van der Waals surface area contributed by atoms with E-state index in [2.05, 4.69) is 36.2 Å². The molecule has 2 amide bonds. The van der Waals surface area contributed by atoms with Crippen molar-refractivity contribution in [1.82, 2.24) is 29.9 Å². The summed E-state index contributed by atoms with van der Waals surface area (Å²) >= 11 is 7.47. The molecule has 214 valence electrons. The molecule has 4 aromatic heterocycles. The summed E-state index contributed by atoms with van der Waals surface area (Å²) in [4.78, 5) is 38.4. The molecule has 0 spiro atoms. The first kappa shape index (κ1) is 27.4. The highest BCUT2D eigenvalue weighted by molar-refractivity contribution is 7.07. The second kappa shape index (κ2) is 12.0. The minimum atomic E-state index is -0.613. The molecular weight excluding hydrogens is 564 g/mol. The van der Waals surface area contributed by atoms with Crippen molar-refractivity contribution in [3.05, 3.63) is 58.0 Å². The number of fused-ring (bicyclic) bond motifs is 1. The highest BCUT2D eigenvalue weighted by atomic mass is 35.5. The minimum Gasteiger partial charge on any atom is -0.379 e. The monoisotopic (exact) mass is 594 g/mol. The van der Waals surface area contributed by atoms with Crippen molar-refractivity contribution in [1.29, 1.82) is 0 Å². The Balaban J connectivity index is 1.11. The Bertz CT molecular complexity index is 1530. The third-order valence-electron chi connectivity index (χ3n) is 7.30. The number of imidazole rings is 1. The predicted octanol–water partition coefficient (Wildman–Crippen LogP) is 3.47. The van der Waals surface area contributed by atoms with Crippen LogP contribution in [0.2, 0.25) is 5.15 Å². The summed E-state index contributed by atoms with van der Waals surface area (Å²) in [5.41, 5.74) is 10.9. The van der Waals surface area contributed by atoms with E-state index in [1.165, 1.54) is 23.7 Å². The molecule has 1 atom stereocenters. The largest absolute Gasteiger partial charge is 0.379 e. The molecule has 2 fully saturated rings. The number of carbonyl (C=O) groups excluding carboxylic acids is 2. The van der Waals surface area contributed by atoms with Crippen LogP contribution in [0.25, 0.3) is 5.65 Å². The Hall–Kier alpha value is -3.81. The van der Waals surface area contributed by atoms with Crippen molar-refractivity contribution in [2.45, 2.75) is 69.1 Å². The summed E-state index contributed by atoms with van der Waals surface area (Å²) in [5, 5.41) is 19.9. The Morgan fingerprint density at radius 3 is 2.54 bits per heavy atom. The number of pyridine rings is 1. The molecule has 0 aliphatic heterocycles.